The van der Waals surface area contributed by atoms with Crippen LogP contribution in [0.25, 0.3) is 0 Å². The zero-order chi connectivity index (χ0) is 13.1. The van der Waals surface area contributed by atoms with Crippen LogP contribution in [0.15, 0.2) is 18.2 Å². The van der Waals surface area contributed by atoms with Gasteiger partial charge in [0.05, 0.1) is 10.7 Å². The molecule has 100 valence electrons. The van der Waals surface area contributed by atoms with E-state index in [2.05, 4.69) is 24.9 Å². The third kappa shape index (κ3) is 2.81. The van der Waals surface area contributed by atoms with E-state index in [0.29, 0.717) is 6.04 Å². The molecular weight excluding hydrogens is 244 g/mol. The van der Waals surface area contributed by atoms with E-state index < -0.39 is 0 Å². The normalized spacial score (nSPS) is 17.3. The maximum atomic E-state index is 6.39. The molecule has 1 aliphatic rings. The molecule has 0 bridgehead atoms. The molecule has 2 N–H and O–H groups in total. The van der Waals surface area contributed by atoms with Gasteiger partial charge in [-0.05, 0) is 43.7 Å². The van der Waals surface area contributed by atoms with Crippen LogP contribution in [0.4, 0.5) is 5.69 Å². The van der Waals surface area contributed by atoms with Gasteiger partial charge < -0.3 is 10.6 Å². The first-order chi connectivity index (χ1) is 8.63. The molecule has 0 aliphatic heterocycles. The number of rotatable bonds is 5. The van der Waals surface area contributed by atoms with Gasteiger partial charge in [-0.2, -0.15) is 0 Å². The first-order valence-corrected chi connectivity index (χ1v) is 7.27. The van der Waals surface area contributed by atoms with Crippen molar-refractivity contribution in [1.29, 1.82) is 0 Å². The van der Waals surface area contributed by atoms with E-state index in [-0.39, 0.29) is 6.04 Å². The molecule has 0 amide bonds. The number of halogens is 1. The van der Waals surface area contributed by atoms with Crippen LogP contribution in [0.3, 0.4) is 0 Å². The van der Waals surface area contributed by atoms with E-state index in [9.17, 15) is 0 Å². The first-order valence-electron chi connectivity index (χ1n) is 6.89. The largest absolute Gasteiger partial charge is 0.370 e. The number of nitrogens with zero attached hydrogens (tertiary/aromatic N) is 1. The highest BCUT2D eigenvalue weighted by molar-refractivity contribution is 6.33. The molecule has 18 heavy (non-hydrogen) atoms. The Labute approximate surface area is 115 Å². The second-order valence-electron chi connectivity index (χ2n) is 5.32. The molecule has 1 saturated carbocycles. The van der Waals surface area contributed by atoms with E-state index in [1.807, 2.05) is 12.1 Å². The third-order valence-corrected chi connectivity index (χ3v) is 4.36. The molecule has 3 heteroatoms. The maximum Gasteiger partial charge on any atom is 0.0642 e. The lowest BCUT2D eigenvalue weighted by Gasteiger charge is -2.38. The molecule has 1 aliphatic carbocycles. The van der Waals surface area contributed by atoms with Gasteiger partial charge in [0, 0.05) is 19.1 Å². The van der Waals surface area contributed by atoms with Gasteiger partial charge in [0.15, 0.2) is 0 Å². The van der Waals surface area contributed by atoms with Crippen LogP contribution in [-0.4, -0.2) is 19.1 Å². The standard InChI is InChI=1S/C15H23ClN2/c1-3-12(17)10-11-6-4-9-14(16)15(11)18(2)13-7-5-8-13/h4,6,9,12-13H,3,5,7-8,10,17H2,1-2H3. The van der Waals surface area contributed by atoms with Crippen molar-refractivity contribution >= 4 is 17.3 Å². The van der Waals surface area contributed by atoms with Crippen LogP contribution in [0.2, 0.25) is 5.02 Å². The van der Waals surface area contributed by atoms with E-state index in [1.165, 1.54) is 30.5 Å². The third-order valence-electron chi connectivity index (χ3n) is 4.05. The Morgan fingerprint density at radius 1 is 1.44 bits per heavy atom. The minimum Gasteiger partial charge on any atom is -0.370 e. The van der Waals surface area contributed by atoms with Crippen LogP contribution in [0, 0.1) is 0 Å². The lowest BCUT2D eigenvalue weighted by molar-refractivity contribution is 0.400. The Balaban J connectivity index is 2.25. The zero-order valence-electron chi connectivity index (χ0n) is 11.3. The Morgan fingerprint density at radius 2 is 2.17 bits per heavy atom. The molecule has 1 atom stereocenters. The number of para-hydroxylation sites is 1. The van der Waals surface area contributed by atoms with E-state index in [1.54, 1.807) is 0 Å². The average molecular weight is 267 g/mol. The molecular formula is C15H23ClN2. The summed E-state index contributed by atoms with van der Waals surface area (Å²) in [4.78, 5) is 2.35. The Morgan fingerprint density at radius 3 is 2.72 bits per heavy atom. The predicted octanol–water partition coefficient (Wildman–Crippen LogP) is 3.61. The van der Waals surface area contributed by atoms with Gasteiger partial charge in [0.2, 0.25) is 0 Å². The van der Waals surface area contributed by atoms with Gasteiger partial charge in [0.25, 0.3) is 0 Å². The second-order valence-corrected chi connectivity index (χ2v) is 5.72. The Bertz CT molecular complexity index is 401. The number of hydrogen-bond acceptors (Lipinski definition) is 2. The minimum atomic E-state index is 0.219. The van der Waals surface area contributed by atoms with Gasteiger partial charge in [-0.15, -0.1) is 0 Å². The van der Waals surface area contributed by atoms with Crippen molar-refractivity contribution in [1.82, 2.24) is 0 Å². The highest BCUT2D eigenvalue weighted by Crippen LogP contribution is 2.35. The van der Waals surface area contributed by atoms with Crippen molar-refractivity contribution in [3.63, 3.8) is 0 Å². The first kappa shape index (κ1) is 13.7. The molecule has 0 saturated heterocycles. The summed E-state index contributed by atoms with van der Waals surface area (Å²) in [6, 6.07) is 7.04. The van der Waals surface area contributed by atoms with Crippen molar-refractivity contribution < 1.29 is 0 Å². The lowest BCUT2D eigenvalue weighted by Crippen LogP contribution is -2.38. The lowest BCUT2D eigenvalue weighted by atomic mass is 9.90. The van der Waals surface area contributed by atoms with Crippen molar-refractivity contribution in [3.8, 4) is 0 Å². The topological polar surface area (TPSA) is 29.3 Å². The van der Waals surface area contributed by atoms with Gasteiger partial charge >= 0.3 is 0 Å². The summed E-state index contributed by atoms with van der Waals surface area (Å²) in [5.74, 6) is 0. The maximum absolute atomic E-state index is 6.39. The molecule has 2 nitrogen and oxygen atoms in total. The summed E-state index contributed by atoms with van der Waals surface area (Å²) in [6.45, 7) is 2.13. The molecule has 1 unspecified atom stereocenters. The van der Waals surface area contributed by atoms with Crippen molar-refractivity contribution in [2.45, 2.75) is 51.1 Å². The Hall–Kier alpha value is -0.730. The molecule has 0 radical (unpaired) electrons. The van der Waals surface area contributed by atoms with Crippen molar-refractivity contribution in [2.75, 3.05) is 11.9 Å². The van der Waals surface area contributed by atoms with Gasteiger partial charge in [0.1, 0.15) is 0 Å². The van der Waals surface area contributed by atoms with Gasteiger partial charge in [-0.1, -0.05) is 30.7 Å². The molecule has 1 aromatic rings. The predicted molar refractivity (Wildman–Crippen MR) is 79.5 cm³/mol. The monoisotopic (exact) mass is 266 g/mol. The average Bonchev–Trinajstić information content (AvgIpc) is 2.26. The van der Waals surface area contributed by atoms with E-state index >= 15 is 0 Å². The van der Waals surface area contributed by atoms with Crippen LogP contribution in [0.1, 0.15) is 38.2 Å². The second kappa shape index (κ2) is 5.94. The van der Waals surface area contributed by atoms with E-state index in [0.717, 1.165) is 17.9 Å². The molecule has 1 fully saturated rings. The fraction of sp³-hybridized carbons (Fsp3) is 0.600. The number of benzene rings is 1. The fourth-order valence-electron chi connectivity index (χ4n) is 2.50. The Kier molecular flexibility index (Phi) is 4.52. The highest BCUT2D eigenvalue weighted by atomic mass is 35.5. The quantitative estimate of drug-likeness (QED) is 0.882. The summed E-state index contributed by atoms with van der Waals surface area (Å²) < 4.78 is 0. The van der Waals surface area contributed by atoms with Crippen LogP contribution in [0.5, 0.6) is 0 Å². The van der Waals surface area contributed by atoms with Crippen molar-refractivity contribution in [3.05, 3.63) is 28.8 Å². The molecule has 0 aromatic heterocycles. The number of anilines is 1. The zero-order valence-corrected chi connectivity index (χ0v) is 12.1. The summed E-state index contributed by atoms with van der Waals surface area (Å²) in [7, 11) is 2.16. The van der Waals surface area contributed by atoms with Crippen LogP contribution in [-0.2, 0) is 6.42 Å². The number of hydrogen-bond donors (Lipinski definition) is 1. The smallest absolute Gasteiger partial charge is 0.0642 e. The molecule has 0 heterocycles. The summed E-state index contributed by atoms with van der Waals surface area (Å²) in [5, 5.41) is 0.852. The summed E-state index contributed by atoms with van der Waals surface area (Å²) in [5.41, 5.74) is 8.56. The van der Waals surface area contributed by atoms with Crippen molar-refractivity contribution in [2.24, 2.45) is 5.73 Å². The summed E-state index contributed by atoms with van der Waals surface area (Å²) >= 11 is 6.39. The number of nitrogens with two attached hydrogens (primary N) is 1. The van der Waals surface area contributed by atoms with Gasteiger partial charge in [-0.3, -0.25) is 0 Å². The molecule has 0 spiro atoms. The summed E-state index contributed by atoms with van der Waals surface area (Å²) in [6.07, 6.45) is 5.80. The van der Waals surface area contributed by atoms with Crippen LogP contribution < -0.4 is 10.6 Å². The molecule has 1 aromatic carbocycles. The van der Waals surface area contributed by atoms with Crippen LogP contribution >= 0.6 is 11.6 Å². The van der Waals surface area contributed by atoms with Gasteiger partial charge in [-0.25, -0.2) is 0 Å². The highest BCUT2D eigenvalue weighted by Gasteiger charge is 2.25. The van der Waals surface area contributed by atoms with E-state index in [4.69, 9.17) is 17.3 Å². The molecule has 2 rings (SSSR count). The SMILES string of the molecule is CCC(N)Cc1cccc(Cl)c1N(C)C1CCC1. The fourth-order valence-corrected chi connectivity index (χ4v) is 2.83. The minimum absolute atomic E-state index is 0.219.